The molecule has 3 fully saturated rings. The van der Waals surface area contributed by atoms with E-state index in [0.717, 1.165) is 12.3 Å². The van der Waals surface area contributed by atoms with Crippen LogP contribution in [0.2, 0.25) is 0 Å². The molecule has 0 radical (unpaired) electrons. The average Bonchev–Trinajstić information content (AvgIpc) is 2.87. The molecule has 1 N–H and O–H groups in total. The molecule has 0 aliphatic carbocycles. The van der Waals surface area contributed by atoms with E-state index >= 15 is 0 Å². The second-order valence-electron chi connectivity index (χ2n) is 9.82. The summed E-state index contributed by atoms with van der Waals surface area (Å²) < 4.78 is 5.75. The molecular formula is C30H38Cl2N2O. The van der Waals surface area contributed by atoms with Crippen molar-refractivity contribution in [2.24, 2.45) is 5.92 Å². The SMILES string of the molecule is COc1cc(C)c(C)cc1CN[C@H]1C2CCN(CC2)[C@H]1C(c1ccccc1)c1ccccc1.Cl.Cl. The number of hydrogen-bond donors (Lipinski definition) is 1. The lowest BCUT2D eigenvalue weighted by atomic mass is 9.70. The Morgan fingerprint density at radius 3 is 1.94 bits per heavy atom. The molecule has 0 unspecified atom stereocenters. The number of hydrogen-bond acceptors (Lipinski definition) is 3. The number of methoxy groups -OCH3 is 1. The monoisotopic (exact) mass is 512 g/mol. The molecule has 3 heterocycles. The molecule has 3 aliphatic heterocycles. The molecule has 3 aromatic rings. The fraction of sp³-hybridized carbons (Fsp3) is 0.400. The number of piperidine rings is 3. The molecule has 3 aromatic carbocycles. The van der Waals surface area contributed by atoms with Crippen molar-refractivity contribution in [3.05, 3.63) is 101 Å². The molecule has 6 rings (SSSR count). The summed E-state index contributed by atoms with van der Waals surface area (Å²) in [4.78, 5) is 2.75. The van der Waals surface area contributed by atoms with Gasteiger partial charge in [0.1, 0.15) is 5.75 Å². The van der Waals surface area contributed by atoms with Crippen LogP contribution in [0.4, 0.5) is 0 Å². The lowest BCUT2D eigenvalue weighted by molar-refractivity contribution is 0.00462. The zero-order valence-corrected chi connectivity index (χ0v) is 22.6. The normalized spacial score (nSPS) is 22.9. The summed E-state index contributed by atoms with van der Waals surface area (Å²) in [7, 11) is 1.78. The zero-order valence-electron chi connectivity index (χ0n) is 20.9. The van der Waals surface area contributed by atoms with Gasteiger partial charge < -0.3 is 10.1 Å². The van der Waals surface area contributed by atoms with Gasteiger partial charge in [-0.1, -0.05) is 66.7 Å². The van der Waals surface area contributed by atoms with Gasteiger partial charge in [-0.05, 0) is 74.0 Å². The molecule has 0 saturated carbocycles. The lowest BCUT2D eigenvalue weighted by Gasteiger charge is -2.54. The fourth-order valence-electron chi connectivity index (χ4n) is 6.10. The highest BCUT2D eigenvalue weighted by atomic mass is 35.5. The highest BCUT2D eigenvalue weighted by Crippen LogP contribution is 2.42. The first kappa shape index (κ1) is 27.5. The summed E-state index contributed by atoms with van der Waals surface area (Å²) in [5.41, 5.74) is 6.69. The molecule has 5 heteroatoms. The predicted molar refractivity (Wildman–Crippen MR) is 150 cm³/mol. The minimum absolute atomic E-state index is 0. The number of nitrogens with one attached hydrogen (secondary N) is 1. The van der Waals surface area contributed by atoms with Crippen molar-refractivity contribution < 1.29 is 4.74 Å². The van der Waals surface area contributed by atoms with E-state index in [2.05, 4.69) is 96.9 Å². The molecule has 188 valence electrons. The van der Waals surface area contributed by atoms with Crippen molar-refractivity contribution in [3.8, 4) is 5.75 Å². The Labute approximate surface area is 223 Å². The van der Waals surface area contributed by atoms with Gasteiger partial charge in [0.2, 0.25) is 0 Å². The highest BCUT2D eigenvalue weighted by Gasteiger charge is 2.46. The van der Waals surface area contributed by atoms with E-state index in [-0.39, 0.29) is 24.8 Å². The topological polar surface area (TPSA) is 24.5 Å². The van der Waals surface area contributed by atoms with Crippen LogP contribution in [0.15, 0.2) is 72.8 Å². The van der Waals surface area contributed by atoms with E-state index in [9.17, 15) is 0 Å². The Morgan fingerprint density at radius 2 is 1.40 bits per heavy atom. The van der Waals surface area contributed by atoms with Crippen molar-refractivity contribution in [2.75, 3.05) is 20.2 Å². The quantitative estimate of drug-likeness (QED) is 0.388. The molecule has 3 saturated heterocycles. The van der Waals surface area contributed by atoms with Crippen LogP contribution < -0.4 is 10.1 Å². The molecule has 0 amide bonds. The molecule has 35 heavy (non-hydrogen) atoms. The Kier molecular flexibility index (Phi) is 9.66. The van der Waals surface area contributed by atoms with E-state index in [1.807, 2.05) is 0 Å². The van der Waals surface area contributed by atoms with Crippen LogP contribution in [-0.2, 0) is 6.54 Å². The number of ether oxygens (including phenoxy) is 1. The summed E-state index contributed by atoms with van der Waals surface area (Å²) in [6.07, 6.45) is 2.57. The maximum absolute atomic E-state index is 5.75. The van der Waals surface area contributed by atoms with Gasteiger partial charge in [0.05, 0.1) is 7.11 Å². The smallest absolute Gasteiger partial charge is 0.123 e. The predicted octanol–water partition coefficient (Wildman–Crippen LogP) is 6.54. The first-order valence-corrected chi connectivity index (χ1v) is 12.4. The van der Waals surface area contributed by atoms with Crippen LogP contribution in [-0.4, -0.2) is 37.2 Å². The van der Waals surface area contributed by atoms with Crippen LogP contribution in [0.25, 0.3) is 0 Å². The molecule has 2 atom stereocenters. The third-order valence-electron chi connectivity index (χ3n) is 7.96. The van der Waals surface area contributed by atoms with Gasteiger partial charge in [-0.25, -0.2) is 0 Å². The second kappa shape index (κ2) is 12.3. The van der Waals surface area contributed by atoms with Gasteiger partial charge in [-0.15, -0.1) is 24.8 Å². The number of halogens is 2. The fourth-order valence-corrected chi connectivity index (χ4v) is 6.10. The average molecular weight is 514 g/mol. The maximum Gasteiger partial charge on any atom is 0.123 e. The van der Waals surface area contributed by atoms with Crippen LogP contribution in [0.3, 0.4) is 0 Å². The van der Waals surface area contributed by atoms with Crippen molar-refractivity contribution >= 4 is 24.8 Å². The van der Waals surface area contributed by atoms with E-state index in [1.165, 1.54) is 53.7 Å². The molecule has 0 spiro atoms. The molecule has 3 nitrogen and oxygen atoms in total. The molecule has 3 aliphatic rings. The Morgan fingerprint density at radius 1 is 0.857 bits per heavy atom. The van der Waals surface area contributed by atoms with Crippen LogP contribution >= 0.6 is 24.8 Å². The molecular weight excluding hydrogens is 475 g/mol. The Balaban J connectivity index is 0.00000171. The Bertz CT molecular complexity index is 1030. The zero-order chi connectivity index (χ0) is 22.8. The summed E-state index contributed by atoms with van der Waals surface area (Å²) in [6, 6.07) is 27.6. The number of fused-ring (bicyclic) bond motifs is 3. The van der Waals surface area contributed by atoms with Gasteiger partial charge in [-0.3, -0.25) is 4.90 Å². The van der Waals surface area contributed by atoms with E-state index < -0.39 is 0 Å². The van der Waals surface area contributed by atoms with Crippen LogP contribution in [0, 0.1) is 19.8 Å². The maximum atomic E-state index is 5.75. The van der Waals surface area contributed by atoms with E-state index in [0.29, 0.717) is 23.9 Å². The minimum Gasteiger partial charge on any atom is -0.496 e. The summed E-state index contributed by atoms with van der Waals surface area (Å²) >= 11 is 0. The first-order valence-electron chi connectivity index (χ1n) is 12.4. The summed E-state index contributed by atoms with van der Waals surface area (Å²) in [6.45, 7) is 7.60. The second-order valence-corrected chi connectivity index (χ2v) is 9.82. The van der Waals surface area contributed by atoms with Crippen LogP contribution in [0.5, 0.6) is 5.75 Å². The van der Waals surface area contributed by atoms with Crippen molar-refractivity contribution in [1.29, 1.82) is 0 Å². The minimum atomic E-state index is 0. The van der Waals surface area contributed by atoms with Crippen LogP contribution in [0.1, 0.15) is 46.6 Å². The third-order valence-corrected chi connectivity index (χ3v) is 7.96. The molecule has 2 bridgehead atoms. The van der Waals surface area contributed by atoms with Gasteiger partial charge in [0.15, 0.2) is 0 Å². The number of nitrogens with zero attached hydrogens (tertiary/aromatic N) is 1. The summed E-state index contributed by atoms with van der Waals surface area (Å²) in [5.74, 6) is 2.06. The standard InChI is InChI=1S/C30H36N2O.2ClH/c1-21-18-26(27(33-3)19-22(21)2)20-31-29-25-14-16-32(17-15-25)30(29)28(23-10-6-4-7-11-23)24-12-8-5-9-13-24;;/h4-13,18-19,25,28-31H,14-17,20H2,1-3H3;2*1H/t29-,30-;;/m0../s1. The number of aryl methyl sites for hydroxylation is 2. The summed E-state index contributed by atoms with van der Waals surface area (Å²) in [5, 5.41) is 4.04. The first-order chi connectivity index (χ1) is 16.2. The van der Waals surface area contributed by atoms with Crippen molar-refractivity contribution in [2.45, 2.75) is 51.2 Å². The van der Waals surface area contributed by atoms with E-state index in [1.54, 1.807) is 7.11 Å². The van der Waals surface area contributed by atoms with Crippen molar-refractivity contribution in [3.63, 3.8) is 0 Å². The van der Waals surface area contributed by atoms with Gasteiger partial charge in [-0.2, -0.15) is 0 Å². The van der Waals surface area contributed by atoms with Gasteiger partial charge in [0, 0.05) is 30.1 Å². The van der Waals surface area contributed by atoms with Gasteiger partial charge >= 0.3 is 0 Å². The Hall–Kier alpha value is -2.04. The van der Waals surface area contributed by atoms with Gasteiger partial charge in [0.25, 0.3) is 0 Å². The third kappa shape index (κ3) is 5.70. The molecule has 0 aromatic heterocycles. The number of rotatable bonds is 7. The largest absolute Gasteiger partial charge is 0.496 e. The van der Waals surface area contributed by atoms with E-state index in [4.69, 9.17) is 4.74 Å². The lowest BCUT2D eigenvalue weighted by Crippen LogP contribution is -2.64. The highest BCUT2D eigenvalue weighted by molar-refractivity contribution is 5.85. The number of benzene rings is 3. The van der Waals surface area contributed by atoms with Crippen molar-refractivity contribution in [1.82, 2.24) is 10.2 Å².